The van der Waals surface area contributed by atoms with E-state index in [0.717, 1.165) is 0 Å². The van der Waals surface area contributed by atoms with Crippen molar-refractivity contribution >= 4 is 5.69 Å². The van der Waals surface area contributed by atoms with Gasteiger partial charge in [-0.1, -0.05) is 13.8 Å². The Hall–Kier alpha value is -1.94. The Kier molecular flexibility index (Phi) is 9.60. The molecular weight excluding hydrogens is 370 g/mol. The molecule has 0 aliphatic heterocycles. The largest absolute Gasteiger partial charge is 0.496 e. The van der Waals surface area contributed by atoms with Gasteiger partial charge in [0.05, 0.1) is 43.5 Å². The molecule has 0 heterocycles. The van der Waals surface area contributed by atoms with E-state index in [2.05, 4.69) is 0 Å². The molecule has 1 rings (SSSR count). The Morgan fingerprint density at radius 2 is 1.71 bits per heavy atom. The van der Waals surface area contributed by atoms with Gasteiger partial charge in [0.25, 0.3) is 0 Å². The van der Waals surface area contributed by atoms with Gasteiger partial charge in [-0.2, -0.15) is 0 Å². The minimum Gasteiger partial charge on any atom is -0.496 e. The van der Waals surface area contributed by atoms with Crippen LogP contribution in [0.4, 0.5) is 5.69 Å². The van der Waals surface area contributed by atoms with E-state index >= 15 is 0 Å². The van der Waals surface area contributed by atoms with Crippen molar-refractivity contribution in [3.05, 3.63) is 27.8 Å². The second-order valence-electron chi connectivity index (χ2n) is 6.82. The van der Waals surface area contributed by atoms with Crippen LogP contribution in [0.1, 0.15) is 31.9 Å². The fraction of sp³-hybridized carbons (Fsp3) is 0.684. The van der Waals surface area contributed by atoms with Gasteiger partial charge >= 0.3 is 5.69 Å². The molecule has 2 N–H and O–H groups in total. The van der Waals surface area contributed by atoms with Crippen LogP contribution >= 0.6 is 0 Å². The highest BCUT2D eigenvalue weighted by Crippen LogP contribution is 2.43. The molecule has 0 spiro atoms. The fourth-order valence-corrected chi connectivity index (χ4v) is 3.30. The molecular formula is C19H31NO8. The summed E-state index contributed by atoms with van der Waals surface area (Å²) in [6.07, 6.45) is -1.58. The van der Waals surface area contributed by atoms with Crippen molar-refractivity contribution in [1.29, 1.82) is 0 Å². The van der Waals surface area contributed by atoms with E-state index < -0.39 is 23.2 Å². The predicted octanol–water partition coefficient (Wildman–Crippen LogP) is 2.33. The number of hydrogen-bond acceptors (Lipinski definition) is 8. The molecule has 1 aromatic rings. The molecule has 0 saturated heterocycles. The molecule has 1 aromatic carbocycles. The Labute approximate surface area is 165 Å². The van der Waals surface area contributed by atoms with Gasteiger partial charge in [0.1, 0.15) is 5.75 Å². The van der Waals surface area contributed by atoms with E-state index in [9.17, 15) is 20.3 Å². The van der Waals surface area contributed by atoms with Crippen molar-refractivity contribution < 1.29 is 34.1 Å². The molecule has 0 radical (unpaired) electrons. The van der Waals surface area contributed by atoms with E-state index in [1.54, 1.807) is 13.0 Å². The number of nitro groups is 1. The summed E-state index contributed by atoms with van der Waals surface area (Å²) in [4.78, 5) is 10.9. The summed E-state index contributed by atoms with van der Waals surface area (Å²) in [5.41, 5.74) is 0.256. The van der Waals surface area contributed by atoms with Crippen LogP contribution < -0.4 is 9.47 Å². The van der Waals surface area contributed by atoms with E-state index in [-0.39, 0.29) is 29.9 Å². The summed E-state index contributed by atoms with van der Waals surface area (Å²) in [6, 6.07) is 2.94. The Morgan fingerprint density at radius 3 is 2.14 bits per heavy atom. The number of aliphatic hydroxyl groups excluding tert-OH is 2. The van der Waals surface area contributed by atoms with E-state index in [1.807, 2.05) is 6.92 Å². The van der Waals surface area contributed by atoms with E-state index in [1.165, 1.54) is 34.5 Å². The average Bonchev–Trinajstić information content (AvgIpc) is 2.70. The first-order valence-corrected chi connectivity index (χ1v) is 9.00. The highest BCUT2D eigenvalue weighted by molar-refractivity contribution is 5.57. The molecule has 0 amide bonds. The van der Waals surface area contributed by atoms with Crippen molar-refractivity contribution in [1.82, 2.24) is 0 Å². The number of rotatable bonds is 12. The van der Waals surface area contributed by atoms with Gasteiger partial charge < -0.3 is 29.2 Å². The quantitative estimate of drug-likeness (QED) is 0.404. The average molecular weight is 401 g/mol. The molecule has 160 valence electrons. The first-order valence-electron chi connectivity index (χ1n) is 9.00. The molecule has 0 aliphatic carbocycles. The summed E-state index contributed by atoms with van der Waals surface area (Å²) in [5.74, 6) is -0.140. The maximum atomic E-state index is 11.5. The monoisotopic (exact) mass is 401 g/mol. The number of aliphatic hydroxyl groups is 2. The summed E-state index contributed by atoms with van der Waals surface area (Å²) in [5, 5.41) is 31.1. The number of hydrogen-bond donors (Lipinski definition) is 2. The molecule has 0 aromatic heterocycles. The minimum absolute atomic E-state index is 0.0998. The Balaban J connectivity index is 3.28. The van der Waals surface area contributed by atoms with Gasteiger partial charge in [0.15, 0.2) is 0 Å². The van der Waals surface area contributed by atoms with Crippen LogP contribution in [0.25, 0.3) is 0 Å². The lowest BCUT2D eigenvalue weighted by Gasteiger charge is -2.31. The third kappa shape index (κ3) is 5.54. The van der Waals surface area contributed by atoms with Crippen molar-refractivity contribution in [3.63, 3.8) is 0 Å². The van der Waals surface area contributed by atoms with Crippen LogP contribution in [0, 0.1) is 22.0 Å². The molecule has 9 heteroatoms. The van der Waals surface area contributed by atoms with Crippen LogP contribution in [-0.4, -0.2) is 62.4 Å². The maximum absolute atomic E-state index is 11.5. The zero-order valence-electron chi connectivity index (χ0n) is 17.2. The first-order chi connectivity index (χ1) is 13.2. The van der Waals surface area contributed by atoms with E-state index in [0.29, 0.717) is 17.7 Å². The van der Waals surface area contributed by atoms with Crippen molar-refractivity contribution in [2.75, 3.05) is 35.0 Å². The van der Waals surface area contributed by atoms with Crippen LogP contribution in [0.5, 0.6) is 11.5 Å². The van der Waals surface area contributed by atoms with Gasteiger partial charge in [-0.3, -0.25) is 10.1 Å². The summed E-state index contributed by atoms with van der Waals surface area (Å²) in [7, 11) is 5.78. The van der Waals surface area contributed by atoms with Gasteiger partial charge in [-0.05, 0) is 18.4 Å². The van der Waals surface area contributed by atoms with Crippen LogP contribution in [0.3, 0.4) is 0 Å². The van der Waals surface area contributed by atoms with Gasteiger partial charge in [-0.25, -0.2) is 0 Å². The highest BCUT2D eigenvalue weighted by Gasteiger charge is 2.33. The normalized spacial score (nSPS) is 16.7. The summed E-state index contributed by atoms with van der Waals surface area (Å²) < 4.78 is 21.6. The zero-order chi connectivity index (χ0) is 21.4. The number of benzene rings is 1. The van der Waals surface area contributed by atoms with Crippen LogP contribution in [0.15, 0.2) is 12.1 Å². The predicted molar refractivity (Wildman–Crippen MR) is 103 cm³/mol. The zero-order valence-corrected chi connectivity index (χ0v) is 17.2. The molecule has 0 unspecified atom stereocenters. The molecule has 0 aliphatic rings. The lowest BCUT2D eigenvalue weighted by Crippen LogP contribution is -2.37. The topological polar surface area (TPSA) is 121 Å². The fourth-order valence-electron chi connectivity index (χ4n) is 3.30. The Morgan fingerprint density at radius 1 is 1.07 bits per heavy atom. The number of methoxy groups -OCH3 is 4. The molecule has 0 saturated carbocycles. The van der Waals surface area contributed by atoms with Crippen LogP contribution in [-0.2, 0) is 9.47 Å². The maximum Gasteiger partial charge on any atom is 0.315 e. The molecule has 5 atom stereocenters. The third-order valence-electron chi connectivity index (χ3n) is 4.94. The lowest BCUT2D eigenvalue weighted by molar-refractivity contribution is -0.385. The second kappa shape index (κ2) is 11.2. The molecule has 28 heavy (non-hydrogen) atoms. The molecule has 9 nitrogen and oxygen atoms in total. The van der Waals surface area contributed by atoms with Crippen molar-refractivity contribution in [2.45, 2.75) is 38.6 Å². The lowest BCUT2D eigenvalue weighted by atomic mass is 9.87. The summed E-state index contributed by atoms with van der Waals surface area (Å²) in [6.45, 7) is 3.45. The standard InChI is InChI=1S/C19H31NO8/c1-11(7-16(26-4)17(22)12(2)10-21)18(27-5)14-8-13(25-3)9-15(20(23)24)19(14)28-6/h8-9,11-12,16-18,21-22H,7,10H2,1-6H3/t11-,12+,16-,17+,18+/m0/s1. The van der Waals surface area contributed by atoms with Gasteiger partial charge in [-0.15, -0.1) is 0 Å². The SMILES string of the molecule is COc1cc([C@H](OC)[C@@H](C)C[C@H](OC)[C@H](O)[C@H](C)CO)c(OC)c([N+](=O)[O-])c1. The Bertz CT molecular complexity index is 639. The highest BCUT2D eigenvalue weighted by atomic mass is 16.6. The van der Waals surface area contributed by atoms with Crippen molar-refractivity contribution in [3.8, 4) is 11.5 Å². The van der Waals surface area contributed by atoms with Crippen LogP contribution in [0.2, 0.25) is 0 Å². The van der Waals surface area contributed by atoms with Gasteiger partial charge in [0, 0.05) is 32.3 Å². The first kappa shape index (κ1) is 24.1. The smallest absolute Gasteiger partial charge is 0.315 e. The summed E-state index contributed by atoms with van der Waals surface area (Å²) >= 11 is 0. The number of nitrogens with zero attached hydrogens (tertiary/aromatic N) is 1. The van der Waals surface area contributed by atoms with Gasteiger partial charge in [0.2, 0.25) is 5.75 Å². The number of nitro benzene ring substituents is 1. The van der Waals surface area contributed by atoms with E-state index in [4.69, 9.17) is 18.9 Å². The van der Waals surface area contributed by atoms with Crippen molar-refractivity contribution in [2.24, 2.45) is 11.8 Å². The third-order valence-corrected chi connectivity index (χ3v) is 4.94. The second-order valence-corrected chi connectivity index (χ2v) is 6.82. The molecule has 0 fully saturated rings. The molecule has 0 bridgehead atoms. The number of ether oxygens (including phenoxy) is 4. The minimum atomic E-state index is -0.864.